The van der Waals surface area contributed by atoms with E-state index in [1.54, 1.807) is 11.9 Å². The van der Waals surface area contributed by atoms with Gasteiger partial charge in [-0.1, -0.05) is 0 Å². The molecule has 5 nitrogen and oxygen atoms in total. The molecule has 0 aromatic rings. The molecule has 1 aliphatic rings. The molecule has 0 spiro atoms. The molecule has 0 aromatic carbocycles. The zero-order chi connectivity index (χ0) is 10.1. The van der Waals surface area contributed by atoms with Gasteiger partial charge in [0.15, 0.2) is 0 Å². The number of carbonyl (C=O) groups excluding carboxylic acids is 1. The Morgan fingerprint density at radius 1 is 1.46 bits per heavy atom. The maximum Gasteiger partial charge on any atom is 0.319 e. The third-order valence-electron chi connectivity index (χ3n) is 1.91. The van der Waals surface area contributed by atoms with E-state index < -0.39 is 9.05 Å². The van der Waals surface area contributed by atoms with Crippen LogP contribution in [0, 0.1) is 0 Å². The van der Waals surface area contributed by atoms with Crippen molar-refractivity contribution in [2.24, 2.45) is 0 Å². The quantitative estimate of drug-likeness (QED) is 0.633. The Labute approximate surface area is 81.7 Å². The molecule has 1 heterocycles. The number of urea groups is 1. The molecule has 7 heteroatoms. The van der Waals surface area contributed by atoms with Crippen LogP contribution in [0.4, 0.5) is 4.79 Å². The Balaban J connectivity index is 2.44. The second-order valence-corrected chi connectivity index (χ2v) is 5.83. The van der Waals surface area contributed by atoms with Gasteiger partial charge in [0.1, 0.15) is 0 Å². The Kier molecular flexibility index (Phi) is 3.02. The van der Waals surface area contributed by atoms with Crippen LogP contribution in [0.5, 0.6) is 0 Å². The summed E-state index contributed by atoms with van der Waals surface area (Å²) in [7, 11) is 3.20. The predicted octanol–water partition coefficient (Wildman–Crippen LogP) is -0.0776. The molecule has 0 saturated carbocycles. The third kappa shape index (κ3) is 3.04. The normalized spacial score (nSPS) is 18.5. The van der Waals surface area contributed by atoms with Crippen molar-refractivity contribution in [3.8, 4) is 0 Å². The van der Waals surface area contributed by atoms with Crippen molar-refractivity contribution < 1.29 is 13.2 Å². The first-order chi connectivity index (χ1) is 5.90. The smallest absolute Gasteiger partial charge is 0.319 e. The zero-order valence-electron chi connectivity index (χ0n) is 7.23. The number of nitrogens with zero attached hydrogens (tertiary/aromatic N) is 2. The summed E-state index contributed by atoms with van der Waals surface area (Å²) in [5.41, 5.74) is 0. The molecule has 0 atom stereocenters. The fourth-order valence-electron chi connectivity index (χ4n) is 1.13. The van der Waals surface area contributed by atoms with Crippen molar-refractivity contribution in [1.29, 1.82) is 0 Å². The van der Waals surface area contributed by atoms with Crippen LogP contribution in [-0.2, 0) is 9.05 Å². The summed E-state index contributed by atoms with van der Waals surface area (Å²) in [4.78, 5) is 14.3. The lowest BCUT2D eigenvalue weighted by Crippen LogP contribution is -2.32. The maximum absolute atomic E-state index is 11.2. The molecule has 0 aromatic heterocycles. The van der Waals surface area contributed by atoms with Crippen molar-refractivity contribution in [2.75, 3.05) is 32.4 Å². The average Bonchev–Trinajstić information content (AvgIpc) is 2.29. The molecule has 1 rings (SSSR count). The van der Waals surface area contributed by atoms with Gasteiger partial charge >= 0.3 is 6.03 Å². The van der Waals surface area contributed by atoms with Crippen LogP contribution in [0.2, 0.25) is 0 Å². The molecule has 13 heavy (non-hydrogen) atoms. The fraction of sp³-hybridized carbons (Fsp3) is 0.833. The first kappa shape index (κ1) is 10.6. The molecule has 0 N–H and O–H groups in total. The summed E-state index contributed by atoms with van der Waals surface area (Å²) >= 11 is 0. The summed E-state index contributed by atoms with van der Waals surface area (Å²) in [6.45, 7) is 1.39. The van der Waals surface area contributed by atoms with Gasteiger partial charge < -0.3 is 9.80 Å². The van der Waals surface area contributed by atoms with Gasteiger partial charge in [-0.05, 0) is 0 Å². The van der Waals surface area contributed by atoms with Crippen LogP contribution >= 0.6 is 10.7 Å². The van der Waals surface area contributed by atoms with Crippen molar-refractivity contribution in [2.45, 2.75) is 0 Å². The van der Waals surface area contributed by atoms with Crippen LogP contribution in [-0.4, -0.2) is 56.7 Å². The van der Waals surface area contributed by atoms with Gasteiger partial charge in [0, 0.05) is 37.4 Å². The largest absolute Gasteiger partial charge is 0.326 e. The molecule has 1 aliphatic heterocycles. The minimum Gasteiger partial charge on any atom is -0.326 e. The highest BCUT2D eigenvalue weighted by Crippen LogP contribution is 2.06. The zero-order valence-corrected chi connectivity index (χ0v) is 8.81. The van der Waals surface area contributed by atoms with E-state index in [1.165, 1.54) is 4.90 Å². The summed E-state index contributed by atoms with van der Waals surface area (Å²) < 4.78 is 21.2. The Hall–Kier alpha value is -0.490. The molecule has 0 unspecified atom stereocenters. The second kappa shape index (κ2) is 3.71. The van der Waals surface area contributed by atoms with E-state index >= 15 is 0 Å². The third-order valence-corrected chi connectivity index (χ3v) is 3.04. The van der Waals surface area contributed by atoms with Gasteiger partial charge in [-0.3, -0.25) is 0 Å². The van der Waals surface area contributed by atoms with Gasteiger partial charge in [-0.25, -0.2) is 13.2 Å². The number of rotatable bonds is 3. The molecule has 76 valence electrons. The lowest BCUT2D eigenvalue weighted by atomic mass is 10.6. The predicted molar refractivity (Wildman–Crippen MR) is 49.2 cm³/mol. The van der Waals surface area contributed by atoms with Gasteiger partial charge in [-0.15, -0.1) is 0 Å². The number of likely N-dealkylation sites (N-methyl/N-ethyl adjacent to an activating group) is 1. The summed E-state index contributed by atoms with van der Waals surface area (Å²) in [5.74, 6) is -0.186. The van der Waals surface area contributed by atoms with Gasteiger partial charge in [0.2, 0.25) is 9.05 Å². The molecule has 0 bridgehead atoms. The monoisotopic (exact) mass is 226 g/mol. The SMILES string of the molecule is CN1CCN(CCS(=O)(=O)Cl)C1=O. The van der Waals surface area contributed by atoms with Crippen LogP contribution in [0.3, 0.4) is 0 Å². The van der Waals surface area contributed by atoms with Crippen LogP contribution in [0.25, 0.3) is 0 Å². The van der Waals surface area contributed by atoms with E-state index in [0.29, 0.717) is 13.1 Å². The van der Waals surface area contributed by atoms with Crippen molar-refractivity contribution in [3.63, 3.8) is 0 Å². The van der Waals surface area contributed by atoms with Gasteiger partial charge in [0.25, 0.3) is 0 Å². The van der Waals surface area contributed by atoms with Crippen LogP contribution in [0.1, 0.15) is 0 Å². The fourth-order valence-corrected chi connectivity index (χ4v) is 1.78. The minimum atomic E-state index is -3.49. The molecular formula is C6H11ClN2O3S. The average molecular weight is 227 g/mol. The van der Waals surface area contributed by atoms with E-state index in [-0.39, 0.29) is 18.3 Å². The van der Waals surface area contributed by atoms with Gasteiger partial charge in [-0.2, -0.15) is 0 Å². The van der Waals surface area contributed by atoms with E-state index in [4.69, 9.17) is 10.7 Å². The van der Waals surface area contributed by atoms with Crippen molar-refractivity contribution in [3.05, 3.63) is 0 Å². The molecule has 1 fully saturated rings. The molecule has 0 aliphatic carbocycles. The number of hydrogen-bond donors (Lipinski definition) is 0. The van der Waals surface area contributed by atoms with Crippen molar-refractivity contribution in [1.82, 2.24) is 9.80 Å². The first-order valence-electron chi connectivity index (χ1n) is 3.82. The lowest BCUT2D eigenvalue weighted by molar-refractivity contribution is 0.200. The second-order valence-electron chi connectivity index (χ2n) is 2.93. The number of carbonyl (C=O) groups is 1. The Bertz CT molecular complexity index is 303. The van der Waals surface area contributed by atoms with Crippen LogP contribution < -0.4 is 0 Å². The summed E-state index contributed by atoms with van der Waals surface area (Å²) in [6, 6.07) is -0.139. The highest BCUT2D eigenvalue weighted by atomic mass is 35.7. The number of amides is 2. The molecule has 2 amide bonds. The molecular weight excluding hydrogens is 216 g/mol. The molecule has 0 radical (unpaired) electrons. The lowest BCUT2D eigenvalue weighted by Gasteiger charge is -2.14. The maximum atomic E-state index is 11.2. The van der Waals surface area contributed by atoms with Crippen LogP contribution in [0.15, 0.2) is 0 Å². The number of hydrogen-bond acceptors (Lipinski definition) is 3. The van der Waals surface area contributed by atoms with Crippen molar-refractivity contribution >= 4 is 25.8 Å². The van der Waals surface area contributed by atoms with E-state index in [2.05, 4.69) is 0 Å². The highest BCUT2D eigenvalue weighted by Gasteiger charge is 2.25. The first-order valence-corrected chi connectivity index (χ1v) is 6.30. The summed E-state index contributed by atoms with van der Waals surface area (Å²) in [6.07, 6.45) is 0. The minimum absolute atomic E-state index is 0.139. The Morgan fingerprint density at radius 2 is 2.08 bits per heavy atom. The van der Waals surface area contributed by atoms with E-state index in [0.717, 1.165) is 0 Å². The standard InChI is InChI=1S/C6H11ClN2O3S/c1-8-2-3-9(6(8)10)4-5-13(7,11)12/h2-5H2,1H3. The van der Waals surface area contributed by atoms with E-state index in [9.17, 15) is 13.2 Å². The molecule has 1 saturated heterocycles. The van der Waals surface area contributed by atoms with Gasteiger partial charge in [0.05, 0.1) is 5.75 Å². The Morgan fingerprint density at radius 3 is 2.46 bits per heavy atom. The number of halogens is 1. The highest BCUT2D eigenvalue weighted by molar-refractivity contribution is 8.13. The topological polar surface area (TPSA) is 57.7 Å². The summed E-state index contributed by atoms with van der Waals surface area (Å²) in [5, 5.41) is 0. The van der Waals surface area contributed by atoms with E-state index in [1.807, 2.05) is 0 Å².